The molecule has 1 aliphatic carbocycles. The van der Waals surface area contributed by atoms with Gasteiger partial charge >= 0.3 is 0 Å². The summed E-state index contributed by atoms with van der Waals surface area (Å²) in [5.41, 5.74) is 16.7. The van der Waals surface area contributed by atoms with Crippen molar-refractivity contribution in [1.82, 2.24) is 0 Å². The van der Waals surface area contributed by atoms with Crippen molar-refractivity contribution in [1.29, 1.82) is 0 Å². The van der Waals surface area contributed by atoms with Crippen molar-refractivity contribution in [2.45, 2.75) is 19.3 Å². The Labute approximate surface area is 336 Å². The van der Waals surface area contributed by atoms with Crippen LogP contribution >= 0.6 is 0 Å². The van der Waals surface area contributed by atoms with E-state index in [2.05, 4.69) is 189 Å². The van der Waals surface area contributed by atoms with Gasteiger partial charge in [-0.1, -0.05) is 147 Å². The summed E-state index contributed by atoms with van der Waals surface area (Å²) in [7, 11) is 0. The summed E-state index contributed by atoms with van der Waals surface area (Å²) in [6, 6.07) is 67.8. The number of benzene rings is 9. The van der Waals surface area contributed by atoms with Crippen LogP contribution in [0.4, 0.5) is 17.1 Å². The second kappa shape index (κ2) is 12.3. The Hall–Kier alpha value is -7.36. The van der Waals surface area contributed by atoms with Crippen LogP contribution < -0.4 is 4.90 Å². The summed E-state index contributed by atoms with van der Waals surface area (Å²) >= 11 is 0. The lowest BCUT2D eigenvalue weighted by Crippen LogP contribution is -2.16. The molecule has 274 valence electrons. The molecule has 0 saturated carbocycles. The van der Waals surface area contributed by atoms with Gasteiger partial charge in [-0.25, -0.2) is 0 Å². The molecular formula is C55H37NO2. The van der Waals surface area contributed by atoms with Crippen LogP contribution in [0.1, 0.15) is 25.0 Å². The first-order valence-electron chi connectivity index (χ1n) is 20.0. The first-order chi connectivity index (χ1) is 28.5. The van der Waals surface area contributed by atoms with Crippen LogP contribution in [0, 0.1) is 0 Å². The smallest absolute Gasteiger partial charge is 0.136 e. The molecule has 0 aliphatic heterocycles. The van der Waals surface area contributed by atoms with E-state index in [-0.39, 0.29) is 5.41 Å². The van der Waals surface area contributed by atoms with E-state index in [1.54, 1.807) is 0 Å². The van der Waals surface area contributed by atoms with E-state index in [4.69, 9.17) is 8.83 Å². The molecule has 0 saturated heterocycles. The molecular weight excluding hydrogens is 707 g/mol. The van der Waals surface area contributed by atoms with Gasteiger partial charge in [0.1, 0.15) is 22.3 Å². The number of para-hydroxylation sites is 3. The second-order valence-electron chi connectivity index (χ2n) is 16.0. The molecule has 1 aliphatic rings. The van der Waals surface area contributed by atoms with E-state index in [1.807, 2.05) is 18.2 Å². The number of fused-ring (bicyclic) bond motifs is 11. The zero-order chi connectivity index (χ0) is 38.5. The van der Waals surface area contributed by atoms with Gasteiger partial charge < -0.3 is 13.7 Å². The van der Waals surface area contributed by atoms with E-state index in [1.165, 1.54) is 38.6 Å². The van der Waals surface area contributed by atoms with Gasteiger partial charge in [0.05, 0.1) is 5.69 Å². The van der Waals surface area contributed by atoms with E-state index >= 15 is 0 Å². The summed E-state index contributed by atoms with van der Waals surface area (Å²) in [6.45, 7) is 4.70. The van der Waals surface area contributed by atoms with Crippen molar-refractivity contribution in [3.05, 3.63) is 199 Å². The minimum absolute atomic E-state index is 0.146. The van der Waals surface area contributed by atoms with Gasteiger partial charge in [0.15, 0.2) is 0 Å². The molecule has 58 heavy (non-hydrogen) atoms. The quantitative estimate of drug-likeness (QED) is 0.176. The maximum Gasteiger partial charge on any atom is 0.136 e. The minimum atomic E-state index is -0.146. The molecule has 0 bridgehead atoms. The average molecular weight is 744 g/mol. The zero-order valence-corrected chi connectivity index (χ0v) is 32.2. The number of rotatable bonds is 5. The molecule has 11 aromatic rings. The van der Waals surface area contributed by atoms with E-state index in [0.717, 1.165) is 77.6 Å². The normalized spacial score (nSPS) is 13.1. The second-order valence-corrected chi connectivity index (χ2v) is 16.0. The minimum Gasteiger partial charge on any atom is -0.456 e. The van der Waals surface area contributed by atoms with Crippen molar-refractivity contribution in [2.75, 3.05) is 4.90 Å². The SMILES string of the molecule is CC1(C)c2ccccc2-c2ccc(N(c3ccc(-c4cccc5oc6ccccc6c45)cc3)c3ccccc3-c3cccc4ccc5oc6ccccc6c5c34)cc21. The number of hydrogen-bond donors (Lipinski definition) is 0. The molecule has 2 aromatic heterocycles. The van der Waals surface area contributed by atoms with Gasteiger partial charge in [-0.15, -0.1) is 0 Å². The number of nitrogens with zero attached hydrogens (tertiary/aromatic N) is 1. The Balaban J connectivity index is 1.09. The summed E-state index contributed by atoms with van der Waals surface area (Å²) in [4.78, 5) is 2.44. The lowest BCUT2D eigenvalue weighted by atomic mass is 9.82. The molecule has 3 nitrogen and oxygen atoms in total. The fourth-order valence-electron chi connectivity index (χ4n) is 9.78. The van der Waals surface area contributed by atoms with Crippen LogP contribution in [0.15, 0.2) is 197 Å². The Morgan fingerprint density at radius 2 is 0.966 bits per heavy atom. The molecule has 9 aromatic carbocycles. The predicted molar refractivity (Wildman–Crippen MR) is 242 cm³/mol. The molecule has 3 heteroatoms. The van der Waals surface area contributed by atoms with Crippen molar-refractivity contribution in [2.24, 2.45) is 0 Å². The molecule has 12 rings (SSSR count). The average Bonchev–Trinajstić information content (AvgIpc) is 3.92. The molecule has 0 fully saturated rings. The fourth-order valence-corrected chi connectivity index (χ4v) is 9.78. The van der Waals surface area contributed by atoms with Crippen LogP contribution in [0.3, 0.4) is 0 Å². The number of anilines is 3. The van der Waals surface area contributed by atoms with Gasteiger partial charge in [0, 0.05) is 49.3 Å². The topological polar surface area (TPSA) is 29.5 Å². The largest absolute Gasteiger partial charge is 0.456 e. The van der Waals surface area contributed by atoms with Crippen molar-refractivity contribution >= 4 is 71.7 Å². The molecule has 0 N–H and O–H groups in total. The van der Waals surface area contributed by atoms with Gasteiger partial charge in [-0.3, -0.25) is 0 Å². The summed E-state index contributed by atoms with van der Waals surface area (Å²) < 4.78 is 12.7. The molecule has 0 unspecified atom stereocenters. The monoisotopic (exact) mass is 743 g/mol. The van der Waals surface area contributed by atoms with Gasteiger partial charge in [0.2, 0.25) is 0 Å². The highest BCUT2D eigenvalue weighted by atomic mass is 16.3. The lowest BCUT2D eigenvalue weighted by Gasteiger charge is -2.30. The molecule has 0 radical (unpaired) electrons. The third-order valence-corrected chi connectivity index (χ3v) is 12.5. The maximum atomic E-state index is 6.43. The Bertz CT molecular complexity index is 3440. The first kappa shape index (κ1) is 32.8. The highest BCUT2D eigenvalue weighted by molar-refractivity contribution is 6.23. The van der Waals surface area contributed by atoms with Crippen LogP contribution in [-0.2, 0) is 5.41 Å². The highest BCUT2D eigenvalue weighted by Gasteiger charge is 2.36. The lowest BCUT2D eigenvalue weighted by molar-refractivity contribution is 0.660. The maximum absolute atomic E-state index is 6.43. The third-order valence-electron chi connectivity index (χ3n) is 12.5. The number of hydrogen-bond acceptors (Lipinski definition) is 3. The predicted octanol–water partition coefficient (Wildman–Crippen LogP) is 15.7. The third kappa shape index (κ3) is 4.74. The Kier molecular flexibility index (Phi) is 6.98. The Morgan fingerprint density at radius 1 is 0.379 bits per heavy atom. The first-order valence-corrected chi connectivity index (χ1v) is 20.0. The molecule has 0 spiro atoms. The van der Waals surface area contributed by atoms with Gasteiger partial charge in [0.25, 0.3) is 0 Å². The van der Waals surface area contributed by atoms with E-state index < -0.39 is 0 Å². The summed E-state index contributed by atoms with van der Waals surface area (Å²) in [5, 5.41) is 6.92. The van der Waals surface area contributed by atoms with Crippen LogP contribution in [0.5, 0.6) is 0 Å². The standard InChI is InChI=1S/C55H37NO2/c1-55(2)45-20-7-3-14-39(45)40-31-30-37(33-46(40)55)56(36-28-25-34(26-29-36)38-18-12-24-50-53(38)43-16-5-9-22-48(43)57-50)47-21-8-4-15-41(47)42-19-11-13-35-27-32-51-54(52(35)42)44-17-6-10-23-49(44)58-51/h3-33H,1-2H3. The molecule has 2 heterocycles. The highest BCUT2D eigenvalue weighted by Crippen LogP contribution is 2.52. The van der Waals surface area contributed by atoms with E-state index in [9.17, 15) is 0 Å². The molecule has 0 atom stereocenters. The van der Waals surface area contributed by atoms with E-state index in [0.29, 0.717) is 0 Å². The molecule has 0 amide bonds. The fraction of sp³-hybridized carbons (Fsp3) is 0.0545. The Morgan fingerprint density at radius 3 is 1.78 bits per heavy atom. The van der Waals surface area contributed by atoms with Crippen molar-refractivity contribution in [3.63, 3.8) is 0 Å². The van der Waals surface area contributed by atoms with Crippen LogP contribution in [-0.4, -0.2) is 0 Å². The van der Waals surface area contributed by atoms with Crippen LogP contribution in [0.2, 0.25) is 0 Å². The summed E-state index contributed by atoms with van der Waals surface area (Å²) in [6.07, 6.45) is 0. The number of furan rings is 2. The zero-order valence-electron chi connectivity index (χ0n) is 32.2. The van der Waals surface area contributed by atoms with Crippen molar-refractivity contribution in [3.8, 4) is 33.4 Å². The van der Waals surface area contributed by atoms with Gasteiger partial charge in [-0.05, 0) is 98.9 Å². The van der Waals surface area contributed by atoms with Gasteiger partial charge in [-0.2, -0.15) is 0 Å². The van der Waals surface area contributed by atoms with Crippen molar-refractivity contribution < 1.29 is 8.83 Å². The summed E-state index contributed by atoms with van der Waals surface area (Å²) in [5.74, 6) is 0. The van der Waals surface area contributed by atoms with Crippen LogP contribution in [0.25, 0.3) is 88.0 Å².